The maximum Gasteiger partial charge on any atom is 0.247 e. The summed E-state index contributed by atoms with van der Waals surface area (Å²) in [6.45, 7) is 0. The minimum atomic E-state index is -0.0897. The summed E-state index contributed by atoms with van der Waals surface area (Å²) in [5.41, 5.74) is 0.985. The number of nitrogens with one attached hydrogen (secondary N) is 1. The zero-order valence-electron chi connectivity index (χ0n) is 7.25. The second-order valence-corrected chi connectivity index (χ2v) is 3.46. The van der Waals surface area contributed by atoms with E-state index in [4.69, 9.17) is 0 Å². The van der Waals surface area contributed by atoms with E-state index in [2.05, 4.69) is 4.98 Å². The Kier molecular flexibility index (Phi) is 2.00. The van der Waals surface area contributed by atoms with Gasteiger partial charge in [-0.1, -0.05) is 6.07 Å². The summed E-state index contributed by atoms with van der Waals surface area (Å²) >= 11 is 0. The van der Waals surface area contributed by atoms with Crippen LogP contribution in [-0.2, 0) is 4.79 Å². The van der Waals surface area contributed by atoms with Crippen molar-refractivity contribution in [3.05, 3.63) is 34.2 Å². The average molecular weight is 177 g/mol. The molecule has 0 radical (unpaired) electrons. The third-order valence-electron chi connectivity index (χ3n) is 2.53. The van der Waals surface area contributed by atoms with Crippen molar-refractivity contribution in [2.75, 3.05) is 0 Å². The summed E-state index contributed by atoms with van der Waals surface area (Å²) in [5.74, 6) is 0.653. The second kappa shape index (κ2) is 3.17. The van der Waals surface area contributed by atoms with E-state index < -0.39 is 0 Å². The lowest BCUT2D eigenvalue weighted by Crippen LogP contribution is -2.04. The maximum atomic E-state index is 11.0. The van der Waals surface area contributed by atoms with Crippen LogP contribution in [0.15, 0.2) is 23.1 Å². The van der Waals surface area contributed by atoms with Gasteiger partial charge in [0.25, 0.3) is 0 Å². The van der Waals surface area contributed by atoms with Crippen molar-refractivity contribution < 1.29 is 4.79 Å². The van der Waals surface area contributed by atoms with E-state index in [-0.39, 0.29) is 5.56 Å². The van der Waals surface area contributed by atoms with Gasteiger partial charge in [-0.2, -0.15) is 0 Å². The fraction of sp³-hybridized carbons (Fsp3) is 0.400. The Morgan fingerprint density at radius 2 is 2.15 bits per heavy atom. The zero-order valence-corrected chi connectivity index (χ0v) is 7.25. The van der Waals surface area contributed by atoms with Gasteiger partial charge in [-0.25, -0.2) is 0 Å². The predicted octanol–water partition coefficient (Wildman–Crippen LogP) is 1.21. The lowest BCUT2D eigenvalue weighted by Gasteiger charge is -2.06. The molecule has 1 aromatic heterocycles. The van der Waals surface area contributed by atoms with Crippen LogP contribution in [0.5, 0.6) is 0 Å². The number of hydrogen-bond acceptors (Lipinski definition) is 2. The highest BCUT2D eigenvalue weighted by Crippen LogP contribution is 2.30. The Balaban J connectivity index is 2.21. The Bertz CT molecular complexity index is 360. The van der Waals surface area contributed by atoms with Crippen molar-refractivity contribution in [3.8, 4) is 0 Å². The molecule has 1 fully saturated rings. The van der Waals surface area contributed by atoms with Gasteiger partial charge in [0.05, 0.1) is 0 Å². The van der Waals surface area contributed by atoms with Crippen LogP contribution in [0.1, 0.15) is 30.7 Å². The second-order valence-electron chi connectivity index (χ2n) is 3.46. The molecule has 0 spiro atoms. The van der Waals surface area contributed by atoms with Gasteiger partial charge in [-0.15, -0.1) is 0 Å². The van der Waals surface area contributed by atoms with E-state index in [0.29, 0.717) is 24.5 Å². The standard InChI is InChI=1S/C10H11NO2/c12-9-3-1-7(5-9)8-2-4-10(13)11-6-8/h2,4,6-7H,1,3,5H2,(H,11,13)/t7-/m0/s1. The topological polar surface area (TPSA) is 49.9 Å². The molecule has 0 amide bonds. The molecule has 0 aromatic carbocycles. The van der Waals surface area contributed by atoms with Crippen molar-refractivity contribution in [3.63, 3.8) is 0 Å². The molecular weight excluding hydrogens is 166 g/mol. The number of pyridine rings is 1. The monoisotopic (exact) mass is 177 g/mol. The predicted molar refractivity (Wildman–Crippen MR) is 48.7 cm³/mol. The van der Waals surface area contributed by atoms with Crippen LogP contribution in [0.3, 0.4) is 0 Å². The molecule has 0 saturated heterocycles. The molecular formula is C10H11NO2. The quantitative estimate of drug-likeness (QED) is 0.701. The van der Waals surface area contributed by atoms with E-state index >= 15 is 0 Å². The maximum absolute atomic E-state index is 11.0. The molecule has 1 aliphatic carbocycles. The molecule has 3 heteroatoms. The number of H-pyrrole nitrogens is 1. The first-order valence-electron chi connectivity index (χ1n) is 4.46. The molecule has 2 rings (SSSR count). The van der Waals surface area contributed by atoms with Gasteiger partial charge in [0.1, 0.15) is 5.78 Å². The van der Waals surface area contributed by atoms with E-state index in [1.807, 2.05) is 6.07 Å². The number of aromatic nitrogens is 1. The summed E-state index contributed by atoms with van der Waals surface area (Å²) in [4.78, 5) is 24.4. The highest BCUT2D eigenvalue weighted by molar-refractivity contribution is 5.81. The van der Waals surface area contributed by atoms with Crippen molar-refractivity contribution in [1.82, 2.24) is 4.98 Å². The van der Waals surface area contributed by atoms with Gasteiger partial charge in [0.15, 0.2) is 0 Å². The number of carbonyl (C=O) groups excluding carboxylic acids is 1. The molecule has 0 bridgehead atoms. The lowest BCUT2D eigenvalue weighted by atomic mass is 10.00. The normalized spacial score (nSPS) is 22.2. The first-order valence-corrected chi connectivity index (χ1v) is 4.46. The smallest absolute Gasteiger partial charge is 0.247 e. The minimum absolute atomic E-state index is 0.0897. The summed E-state index contributed by atoms with van der Waals surface area (Å²) in [7, 11) is 0. The van der Waals surface area contributed by atoms with Crippen molar-refractivity contribution in [2.45, 2.75) is 25.2 Å². The van der Waals surface area contributed by atoms with E-state index in [9.17, 15) is 9.59 Å². The van der Waals surface area contributed by atoms with Gasteiger partial charge < -0.3 is 4.98 Å². The average Bonchev–Trinajstić information content (AvgIpc) is 2.53. The fourth-order valence-electron chi connectivity index (χ4n) is 1.78. The van der Waals surface area contributed by atoms with Crippen molar-refractivity contribution in [2.24, 2.45) is 0 Å². The van der Waals surface area contributed by atoms with Gasteiger partial charge >= 0.3 is 0 Å². The number of aromatic amines is 1. The Morgan fingerprint density at radius 3 is 2.69 bits per heavy atom. The highest BCUT2D eigenvalue weighted by atomic mass is 16.1. The van der Waals surface area contributed by atoms with Gasteiger partial charge in [0.2, 0.25) is 5.56 Å². The van der Waals surface area contributed by atoms with Crippen LogP contribution in [0.2, 0.25) is 0 Å². The minimum Gasteiger partial charge on any atom is -0.329 e. The van der Waals surface area contributed by atoms with Gasteiger partial charge in [-0.3, -0.25) is 9.59 Å². The third kappa shape index (κ3) is 1.69. The molecule has 0 unspecified atom stereocenters. The molecule has 3 nitrogen and oxygen atoms in total. The number of rotatable bonds is 1. The first kappa shape index (κ1) is 8.23. The van der Waals surface area contributed by atoms with E-state index in [0.717, 1.165) is 12.0 Å². The lowest BCUT2D eigenvalue weighted by molar-refractivity contribution is -0.117. The van der Waals surface area contributed by atoms with Crippen molar-refractivity contribution in [1.29, 1.82) is 0 Å². The molecule has 68 valence electrons. The fourth-order valence-corrected chi connectivity index (χ4v) is 1.78. The third-order valence-corrected chi connectivity index (χ3v) is 2.53. The van der Waals surface area contributed by atoms with Crippen LogP contribution in [0, 0.1) is 0 Å². The molecule has 13 heavy (non-hydrogen) atoms. The number of ketones is 1. The van der Waals surface area contributed by atoms with Crippen LogP contribution >= 0.6 is 0 Å². The van der Waals surface area contributed by atoms with E-state index in [1.165, 1.54) is 6.07 Å². The number of Topliss-reactive ketones (excluding diaryl/α,β-unsaturated/α-hetero) is 1. The van der Waals surface area contributed by atoms with E-state index in [1.54, 1.807) is 6.20 Å². The van der Waals surface area contributed by atoms with Crippen LogP contribution < -0.4 is 5.56 Å². The largest absolute Gasteiger partial charge is 0.329 e. The molecule has 1 saturated carbocycles. The molecule has 1 aliphatic rings. The number of hydrogen-bond donors (Lipinski definition) is 1. The molecule has 1 atom stereocenters. The van der Waals surface area contributed by atoms with Crippen molar-refractivity contribution >= 4 is 5.78 Å². The molecule has 0 aliphatic heterocycles. The summed E-state index contributed by atoms with van der Waals surface area (Å²) in [6, 6.07) is 3.32. The SMILES string of the molecule is O=C1CC[C@H](c2ccc(=O)[nH]c2)C1. The molecule has 1 heterocycles. The van der Waals surface area contributed by atoms with Gasteiger partial charge in [0, 0.05) is 25.1 Å². The molecule has 1 aromatic rings. The van der Waals surface area contributed by atoms with Crippen LogP contribution in [-0.4, -0.2) is 10.8 Å². The Labute approximate surface area is 75.8 Å². The van der Waals surface area contributed by atoms with Gasteiger partial charge in [-0.05, 0) is 17.9 Å². The first-order chi connectivity index (χ1) is 6.25. The number of carbonyl (C=O) groups is 1. The van der Waals surface area contributed by atoms with Crippen LogP contribution in [0.4, 0.5) is 0 Å². The Morgan fingerprint density at radius 1 is 1.31 bits per heavy atom. The summed E-state index contributed by atoms with van der Waals surface area (Å²) in [6.07, 6.45) is 3.95. The summed E-state index contributed by atoms with van der Waals surface area (Å²) in [5, 5.41) is 0. The summed E-state index contributed by atoms with van der Waals surface area (Å²) < 4.78 is 0. The highest BCUT2D eigenvalue weighted by Gasteiger charge is 2.23. The van der Waals surface area contributed by atoms with Crippen LogP contribution in [0.25, 0.3) is 0 Å². The zero-order chi connectivity index (χ0) is 9.26. The Hall–Kier alpha value is -1.38. The molecule has 1 N–H and O–H groups in total.